The first-order valence-electron chi connectivity index (χ1n) is 8.85. The van der Waals surface area contributed by atoms with Crippen molar-refractivity contribution >= 4 is 46.2 Å². The minimum absolute atomic E-state index is 0.0360. The molecule has 2 aromatic rings. The first-order valence-corrected chi connectivity index (χ1v) is 9.92. The van der Waals surface area contributed by atoms with Crippen molar-refractivity contribution in [3.8, 4) is 0 Å². The van der Waals surface area contributed by atoms with Gasteiger partial charge in [-0.2, -0.15) is 0 Å². The highest BCUT2D eigenvalue weighted by atomic mass is 35.5. The van der Waals surface area contributed by atoms with E-state index < -0.39 is 17.9 Å². The van der Waals surface area contributed by atoms with Crippen LogP contribution in [0.3, 0.4) is 0 Å². The van der Waals surface area contributed by atoms with Crippen molar-refractivity contribution in [3.05, 3.63) is 46.3 Å². The van der Waals surface area contributed by atoms with Crippen LogP contribution < -0.4 is 5.32 Å². The molecule has 10 heteroatoms. The summed E-state index contributed by atoms with van der Waals surface area (Å²) in [7, 11) is 0. The number of carbonyl (C=O) groups excluding carboxylic acids is 2. The number of carbonyl (C=O) groups is 2. The number of allylic oxidation sites excluding steroid dienone is 2. The van der Waals surface area contributed by atoms with E-state index in [0.717, 1.165) is 0 Å². The predicted octanol–water partition coefficient (Wildman–Crippen LogP) is 3.02. The summed E-state index contributed by atoms with van der Waals surface area (Å²) < 4.78 is 15.4. The summed E-state index contributed by atoms with van der Waals surface area (Å²) in [6.07, 6.45) is 0. The van der Waals surface area contributed by atoms with Crippen molar-refractivity contribution in [3.63, 3.8) is 0 Å². The lowest BCUT2D eigenvalue weighted by molar-refractivity contribution is -0.139. The van der Waals surface area contributed by atoms with E-state index in [1.165, 1.54) is 0 Å². The van der Waals surface area contributed by atoms with Crippen LogP contribution in [-0.4, -0.2) is 47.2 Å². The third-order valence-electron chi connectivity index (χ3n) is 4.45. The fourth-order valence-electron chi connectivity index (χ4n) is 3.32. The van der Waals surface area contributed by atoms with E-state index in [0.29, 0.717) is 28.0 Å². The van der Waals surface area contributed by atoms with Crippen molar-refractivity contribution in [1.29, 1.82) is 0 Å². The van der Waals surface area contributed by atoms with Crippen molar-refractivity contribution in [1.82, 2.24) is 15.6 Å². The van der Waals surface area contributed by atoms with Crippen LogP contribution in [0.5, 0.6) is 0 Å². The molecule has 1 aromatic carbocycles. The number of dihydropyridines is 1. The molecule has 0 aliphatic carbocycles. The van der Waals surface area contributed by atoms with Crippen molar-refractivity contribution < 1.29 is 23.7 Å². The van der Waals surface area contributed by atoms with E-state index >= 15 is 0 Å². The summed E-state index contributed by atoms with van der Waals surface area (Å²) in [5.41, 5.74) is 3.12. The highest BCUT2D eigenvalue weighted by molar-refractivity contribution is 6.18. The Balaban J connectivity index is 2.17. The van der Waals surface area contributed by atoms with Gasteiger partial charge in [-0.25, -0.2) is 14.2 Å². The molecule has 0 fully saturated rings. The Hall–Kier alpha value is -2.58. The number of halogens is 2. The highest BCUT2D eigenvalue weighted by Crippen LogP contribution is 2.41. The molecule has 2 heterocycles. The summed E-state index contributed by atoms with van der Waals surface area (Å²) in [6, 6.07) is 5.23. The first-order chi connectivity index (χ1) is 14.0. The number of ether oxygens (including phenoxy) is 2. The van der Waals surface area contributed by atoms with Crippen LogP contribution in [0.4, 0.5) is 0 Å². The third kappa shape index (κ3) is 4.23. The molecule has 0 saturated carbocycles. The Morgan fingerprint density at radius 3 is 2.17 bits per heavy atom. The minimum atomic E-state index is -0.794. The maximum Gasteiger partial charge on any atom is 0.336 e. The second-order valence-electron chi connectivity index (χ2n) is 6.26. The first kappa shape index (κ1) is 21.1. The molecule has 1 aliphatic heterocycles. The molecule has 154 valence electrons. The molecule has 8 nitrogen and oxygen atoms in total. The zero-order chi connectivity index (χ0) is 21.0. The Kier molecular flexibility index (Phi) is 6.76. The number of fused-ring (bicyclic) bond motifs is 1. The normalized spacial score (nSPS) is 14.9. The van der Waals surface area contributed by atoms with E-state index in [9.17, 15) is 9.59 Å². The third-order valence-corrected chi connectivity index (χ3v) is 4.76. The molecule has 0 spiro atoms. The molecular formula is C19H19Cl2N3O5. The van der Waals surface area contributed by atoms with Crippen LogP contribution in [0.15, 0.2) is 45.4 Å². The van der Waals surface area contributed by atoms with Gasteiger partial charge in [-0.15, -0.1) is 23.2 Å². The molecule has 0 atom stereocenters. The van der Waals surface area contributed by atoms with Crippen LogP contribution in [-0.2, 0) is 19.1 Å². The van der Waals surface area contributed by atoms with Crippen LogP contribution in [0.1, 0.15) is 25.3 Å². The van der Waals surface area contributed by atoms with Gasteiger partial charge in [-0.05, 0) is 35.8 Å². The van der Waals surface area contributed by atoms with E-state index in [2.05, 4.69) is 15.6 Å². The molecular weight excluding hydrogens is 421 g/mol. The predicted molar refractivity (Wildman–Crippen MR) is 106 cm³/mol. The second-order valence-corrected chi connectivity index (χ2v) is 7.02. The molecule has 0 saturated heterocycles. The van der Waals surface area contributed by atoms with E-state index in [4.69, 9.17) is 37.3 Å². The van der Waals surface area contributed by atoms with Gasteiger partial charge in [-0.3, -0.25) is 0 Å². The molecule has 3 rings (SSSR count). The van der Waals surface area contributed by atoms with Crippen molar-refractivity contribution in [2.75, 3.05) is 25.0 Å². The minimum Gasteiger partial charge on any atom is -0.461 e. The maximum atomic E-state index is 12.9. The number of hydrogen-bond acceptors (Lipinski definition) is 8. The zero-order valence-corrected chi connectivity index (χ0v) is 17.3. The van der Waals surface area contributed by atoms with Gasteiger partial charge in [0.05, 0.1) is 28.8 Å². The summed E-state index contributed by atoms with van der Waals surface area (Å²) in [6.45, 7) is 3.54. The van der Waals surface area contributed by atoms with Gasteiger partial charge in [0.15, 0.2) is 0 Å². The van der Waals surface area contributed by atoms with Gasteiger partial charge >= 0.3 is 11.9 Å². The average molecular weight is 440 g/mol. The Morgan fingerprint density at radius 1 is 1.03 bits per heavy atom. The lowest BCUT2D eigenvalue weighted by atomic mass is 9.80. The number of nitrogens with one attached hydrogen (secondary N) is 1. The molecule has 1 aliphatic rings. The largest absolute Gasteiger partial charge is 0.461 e. The highest BCUT2D eigenvalue weighted by Gasteiger charge is 2.39. The fraction of sp³-hybridized carbons (Fsp3) is 0.368. The van der Waals surface area contributed by atoms with Gasteiger partial charge in [0, 0.05) is 11.4 Å². The number of esters is 2. The number of benzene rings is 1. The second kappa shape index (κ2) is 9.28. The fourth-order valence-corrected chi connectivity index (χ4v) is 3.48. The van der Waals surface area contributed by atoms with Crippen molar-refractivity contribution in [2.45, 2.75) is 19.8 Å². The molecule has 0 radical (unpaired) electrons. The quantitative estimate of drug-likeness (QED) is 0.518. The molecule has 1 aromatic heterocycles. The molecule has 29 heavy (non-hydrogen) atoms. The van der Waals surface area contributed by atoms with Crippen LogP contribution >= 0.6 is 23.2 Å². The molecule has 0 amide bonds. The summed E-state index contributed by atoms with van der Waals surface area (Å²) in [4.78, 5) is 25.8. The Bertz CT molecular complexity index is 957. The number of aromatic nitrogens is 2. The summed E-state index contributed by atoms with van der Waals surface area (Å²) in [5, 5.41) is 10.9. The van der Waals surface area contributed by atoms with Gasteiger partial charge < -0.3 is 14.8 Å². The summed E-state index contributed by atoms with van der Waals surface area (Å²) in [5.74, 6) is -1.68. The number of rotatable bonds is 7. The zero-order valence-electron chi connectivity index (χ0n) is 15.8. The maximum absolute atomic E-state index is 12.9. The van der Waals surface area contributed by atoms with Crippen LogP contribution in [0.2, 0.25) is 0 Å². The number of alkyl halides is 2. The lowest BCUT2D eigenvalue weighted by Crippen LogP contribution is -2.33. The van der Waals surface area contributed by atoms with Crippen molar-refractivity contribution in [2.24, 2.45) is 0 Å². The molecule has 0 unspecified atom stereocenters. The Morgan fingerprint density at radius 2 is 1.62 bits per heavy atom. The van der Waals surface area contributed by atoms with E-state index in [1.807, 2.05) is 0 Å². The lowest BCUT2D eigenvalue weighted by Gasteiger charge is -2.30. The van der Waals surface area contributed by atoms with E-state index in [1.54, 1.807) is 32.0 Å². The Labute approximate surface area is 176 Å². The average Bonchev–Trinajstić information content (AvgIpc) is 3.18. The van der Waals surface area contributed by atoms with Gasteiger partial charge in [0.25, 0.3) is 0 Å². The van der Waals surface area contributed by atoms with Gasteiger partial charge in [0.1, 0.15) is 24.2 Å². The smallest absolute Gasteiger partial charge is 0.336 e. The van der Waals surface area contributed by atoms with Crippen LogP contribution in [0, 0.1) is 0 Å². The standard InChI is InChI=1S/C19H19Cl2N3O5/c1-10-14(18(25)27-8-6-20)16(12-4-3-5-13-17(12)24-29-23-13)15(11(2)22-10)19(26)28-9-7-21/h3-5,16,22H,6-9H2,1-2H3. The number of nitrogens with zero attached hydrogens (tertiary/aromatic N) is 2. The van der Waals surface area contributed by atoms with E-state index in [-0.39, 0.29) is 36.1 Å². The van der Waals surface area contributed by atoms with Gasteiger partial charge in [-0.1, -0.05) is 12.1 Å². The topological polar surface area (TPSA) is 104 Å². The number of hydrogen-bond donors (Lipinski definition) is 1. The molecule has 1 N–H and O–H groups in total. The van der Waals surface area contributed by atoms with Crippen LogP contribution in [0.25, 0.3) is 11.0 Å². The van der Waals surface area contributed by atoms with Gasteiger partial charge in [0.2, 0.25) is 0 Å². The molecule has 0 bridgehead atoms. The monoisotopic (exact) mass is 439 g/mol. The summed E-state index contributed by atoms with van der Waals surface area (Å²) >= 11 is 11.3. The SMILES string of the molecule is CC1=C(C(=O)OCCCl)C(c2cccc3nonc23)C(C(=O)OCCCl)=C(C)N1.